The molecule has 0 aromatic heterocycles. The largest absolute Gasteiger partial charge is 0.474 e. The van der Waals surface area contributed by atoms with Crippen LogP contribution in [0.25, 0.3) is 0 Å². The minimum Gasteiger partial charge on any atom is -0.287 e. The van der Waals surface area contributed by atoms with Crippen molar-refractivity contribution in [2.45, 2.75) is 76.5 Å². The van der Waals surface area contributed by atoms with Crippen molar-refractivity contribution >= 4 is 7.82 Å². The molecule has 0 aliphatic heterocycles. The average Bonchev–Trinajstić information content (AvgIpc) is 2.98. The number of hydrogen-bond donors (Lipinski definition) is 0. The fourth-order valence-corrected chi connectivity index (χ4v) is 6.60. The molecule has 4 nitrogen and oxygen atoms in total. The topological polar surface area (TPSA) is 44.8 Å². The van der Waals surface area contributed by atoms with Crippen LogP contribution in [-0.2, 0) is 37.4 Å². The summed E-state index contributed by atoms with van der Waals surface area (Å²) in [5, 5.41) is 0. The SMILES string of the molecule is O=P(OCCCc1ccccc1)(OCCCc1ccccc1)OCCCc1ccccc1C1CCCCC1. The third-order valence-electron chi connectivity index (χ3n) is 7.34. The van der Waals surface area contributed by atoms with Crippen LogP contribution in [0.2, 0.25) is 0 Å². The normalized spacial score (nSPS) is 14.5. The smallest absolute Gasteiger partial charge is 0.287 e. The standard InChI is InChI=1S/C33H43O4P/c34-38(35-26-12-19-29-15-4-1-5-16-29,36-27-13-20-30-17-6-2-7-18-30)37-28-14-24-32-23-10-11-25-33(32)31-21-8-3-9-22-31/h1-2,4-7,10-11,15-18,23,25,31H,3,8-9,12-14,19-22,24,26-28H2. The van der Waals surface area contributed by atoms with Gasteiger partial charge in [-0.2, -0.15) is 0 Å². The molecule has 1 aliphatic carbocycles. The van der Waals surface area contributed by atoms with E-state index in [1.165, 1.54) is 54.4 Å². The lowest BCUT2D eigenvalue weighted by Gasteiger charge is -2.24. The van der Waals surface area contributed by atoms with Crippen LogP contribution in [0.15, 0.2) is 84.9 Å². The molecule has 204 valence electrons. The number of hydrogen-bond acceptors (Lipinski definition) is 4. The molecule has 0 unspecified atom stereocenters. The summed E-state index contributed by atoms with van der Waals surface area (Å²) in [5.74, 6) is 0.674. The highest BCUT2D eigenvalue weighted by atomic mass is 31.2. The van der Waals surface area contributed by atoms with Gasteiger partial charge in [-0.1, -0.05) is 104 Å². The van der Waals surface area contributed by atoms with Crippen molar-refractivity contribution < 1.29 is 18.1 Å². The van der Waals surface area contributed by atoms with Crippen LogP contribution >= 0.6 is 7.82 Å². The van der Waals surface area contributed by atoms with Crippen LogP contribution in [0.5, 0.6) is 0 Å². The number of rotatable bonds is 16. The molecule has 0 radical (unpaired) electrons. The van der Waals surface area contributed by atoms with E-state index in [9.17, 15) is 4.57 Å². The lowest BCUT2D eigenvalue weighted by molar-refractivity contribution is 0.110. The molecule has 0 saturated heterocycles. The maximum absolute atomic E-state index is 13.5. The zero-order chi connectivity index (χ0) is 26.3. The van der Waals surface area contributed by atoms with Crippen molar-refractivity contribution in [1.82, 2.24) is 0 Å². The maximum Gasteiger partial charge on any atom is 0.474 e. The quantitative estimate of drug-likeness (QED) is 0.136. The van der Waals surface area contributed by atoms with Gasteiger partial charge in [0.25, 0.3) is 0 Å². The van der Waals surface area contributed by atoms with Gasteiger partial charge in [-0.25, -0.2) is 4.57 Å². The first-order valence-electron chi connectivity index (χ1n) is 14.4. The van der Waals surface area contributed by atoms with Gasteiger partial charge in [-0.05, 0) is 79.5 Å². The minimum atomic E-state index is -3.62. The molecule has 0 amide bonds. The Labute approximate surface area is 229 Å². The first kappa shape index (κ1) is 28.8. The Balaban J connectivity index is 1.26. The first-order valence-corrected chi connectivity index (χ1v) is 15.9. The highest BCUT2D eigenvalue weighted by Gasteiger charge is 2.26. The predicted octanol–water partition coefficient (Wildman–Crippen LogP) is 9.09. The van der Waals surface area contributed by atoms with Crippen molar-refractivity contribution in [3.8, 4) is 0 Å². The van der Waals surface area contributed by atoms with E-state index in [1.54, 1.807) is 0 Å². The zero-order valence-corrected chi connectivity index (χ0v) is 23.5. The fourth-order valence-electron chi connectivity index (χ4n) is 5.32. The van der Waals surface area contributed by atoms with E-state index in [-0.39, 0.29) is 0 Å². The summed E-state index contributed by atoms with van der Waals surface area (Å²) in [5.41, 5.74) is 5.37. The zero-order valence-electron chi connectivity index (χ0n) is 22.6. The van der Waals surface area contributed by atoms with E-state index < -0.39 is 7.82 Å². The van der Waals surface area contributed by atoms with Crippen molar-refractivity contribution in [3.63, 3.8) is 0 Å². The van der Waals surface area contributed by atoms with Gasteiger partial charge in [-0.3, -0.25) is 13.6 Å². The monoisotopic (exact) mass is 534 g/mol. The van der Waals surface area contributed by atoms with Gasteiger partial charge in [0.15, 0.2) is 0 Å². The highest BCUT2D eigenvalue weighted by molar-refractivity contribution is 7.48. The van der Waals surface area contributed by atoms with Crippen molar-refractivity contribution in [1.29, 1.82) is 0 Å². The summed E-state index contributed by atoms with van der Waals surface area (Å²) in [6, 6.07) is 29.4. The maximum atomic E-state index is 13.5. The van der Waals surface area contributed by atoms with E-state index in [2.05, 4.69) is 48.5 Å². The summed E-state index contributed by atoms with van der Waals surface area (Å²) < 4.78 is 30.9. The van der Waals surface area contributed by atoms with Gasteiger partial charge in [0.2, 0.25) is 0 Å². The molecule has 0 heterocycles. The van der Waals surface area contributed by atoms with Crippen LogP contribution < -0.4 is 0 Å². The van der Waals surface area contributed by atoms with Gasteiger partial charge in [0.1, 0.15) is 0 Å². The Hall–Kier alpha value is -2.23. The molecule has 0 atom stereocenters. The van der Waals surface area contributed by atoms with Gasteiger partial charge in [-0.15, -0.1) is 0 Å². The second-order valence-electron chi connectivity index (χ2n) is 10.3. The van der Waals surface area contributed by atoms with Crippen LogP contribution in [0.4, 0.5) is 0 Å². The van der Waals surface area contributed by atoms with E-state index in [0.29, 0.717) is 25.7 Å². The summed E-state index contributed by atoms with van der Waals surface area (Å²) in [4.78, 5) is 0. The van der Waals surface area contributed by atoms with Gasteiger partial charge in [0.05, 0.1) is 19.8 Å². The number of phosphoric acid groups is 1. The van der Waals surface area contributed by atoms with Crippen molar-refractivity contribution in [2.75, 3.05) is 19.8 Å². The Morgan fingerprint density at radius 2 is 1.05 bits per heavy atom. The molecule has 0 bridgehead atoms. The highest BCUT2D eigenvalue weighted by Crippen LogP contribution is 2.50. The molecule has 38 heavy (non-hydrogen) atoms. The Morgan fingerprint density at radius 3 is 1.61 bits per heavy atom. The predicted molar refractivity (Wildman–Crippen MR) is 156 cm³/mol. The van der Waals surface area contributed by atoms with Gasteiger partial charge >= 0.3 is 7.82 Å². The van der Waals surface area contributed by atoms with E-state index >= 15 is 0 Å². The summed E-state index contributed by atoms with van der Waals surface area (Å²) in [6.07, 6.45) is 11.6. The third-order valence-corrected chi connectivity index (χ3v) is 8.84. The molecule has 0 spiro atoms. The fraction of sp³-hybridized carbons (Fsp3) is 0.455. The Morgan fingerprint density at radius 1 is 0.579 bits per heavy atom. The number of aryl methyl sites for hydroxylation is 3. The van der Waals surface area contributed by atoms with E-state index in [4.69, 9.17) is 13.6 Å². The molecule has 5 heteroatoms. The third kappa shape index (κ3) is 9.82. The molecule has 3 aromatic rings. The summed E-state index contributed by atoms with van der Waals surface area (Å²) >= 11 is 0. The minimum absolute atomic E-state index is 0.343. The summed E-state index contributed by atoms with van der Waals surface area (Å²) in [6.45, 7) is 1.04. The lowest BCUT2D eigenvalue weighted by Crippen LogP contribution is -2.08. The van der Waals surface area contributed by atoms with Gasteiger partial charge < -0.3 is 0 Å². The van der Waals surface area contributed by atoms with Crippen LogP contribution in [0.1, 0.15) is 79.5 Å². The molecular weight excluding hydrogens is 491 g/mol. The lowest BCUT2D eigenvalue weighted by atomic mass is 9.81. The van der Waals surface area contributed by atoms with Gasteiger partial charge in [0, 0.05) is 0 Å². The van der Waals surface area contributed by atoms with Crippen molar-refractivity contribution in [3.05, 3.63) is 107 Å². The molecule has 4 rings (SSSR count). The second-order valence-corrected chi connectivity index (χ2v) is 11.9. The Bertz CT molecular complexity index is 1040. The molecule has 0 N–H and O–H groups in total. The number of phosphoric ester groups is 1. The Kier molecular flexibility index (Phi) is 12.1. The first-order chi connectivity index (χ1) is 18.7. The molecular formula is C33H43O4P. The van der Waals surface area contributed by atoms with E-state index in [0.717, 1.165) is 38.5 Å². The molecule has 1 aliphatic rings. The van der Waals surface area contributed by atoms with Crippen molar-refractivity contribution in [2.24, 2.45) is 0 Å². The summed E-state index contributed by atoms with van der Waals surface area (Å²) in [7, 11) is -3.62. The average molecular weight is 535 g/mol. The molecule has 3 aromatic carbocycles. The van der Waals surface area contributed by atoms with Crippen LogP contribution in [0, 0.1) is 0 Å². The van der Waals surface area contributed by atoms with E-state index in [1.807, 2.05) is 36.4 Å². The van der Waals surface area contributed by atoms with Crippen LogP contribution in [-0.4, -0.2) is 19.8 Å². The molecule has 1 saturated carbocycles. The van der Waals surface area contributed by atoms with Crippen LogP contribution in [0.3, 0.4) is 0 Å². The second kappa shape index (κ2) is 16.0. The number of benzene rings is 3. The molecule has 1 fully saturated rings.